The van der Waals surface area contributed by atoms with Crippen LogP contribution in [-0.4, -0.2) is 17.8 Å². The molecule has 1 saturated heterocycles. The standard InChI is InChI=1S/C25H17Br2IN2O4/c1-14-9-17(7-8-19(14)26)30-24(32)18(23(31)29-25(30)33)10-16-11-20(27)22(21(28)12-16)34-13-15-5-3-2-4-6-15/h2-12H,13H2,1H3,(H,29,31,33)/b18-10+. The molecular formula is C25H17Br2IN2O4. The topological polar surface area (TPSA) is 75.7 Å². The molecule has 4 amide bonds. The molecule has 0 unspecified atom stereocenters. The Morgan fingerprint density at radius 1 is 1.00 bits per heavy atom. The fourth-order valence-electron chi connectivity index (χ4n) is 3.36. The molecule has 1 fully saturated rings. The van der Waals surface area contributed by atoms with E-state index in [9.17, 15) is 14.4 Å². The van der Waals surface area contributed by atoms with Crippen LogP contribution in [0.2, 0.25) is 0 Å². The van der Waals surface area contributed by atoms with Gasteiger partial charge in [-0.1, -0.05) is 46.3 Å². The average molecular weight is 696 g/mol. The summed E-state index contributed by atoms with van der Waals surface area (Å²) in [5.74, 6) is -0.769. The zero-order chi connectivity index (χ0) is 24.4. The largest absolute Gasteiger partial charge is 0.487 e. The number of anilines is 1. The Morgan fingerprint density at radius 3 is 2.41 bits per heavy atom. The number of ether oxygens (including phenoxy) is 1. The van der Waals surface area contributed by atoms with Crippen molar-refractivity contribution in [2.75, 3.05) is 4.90 Å². The van der Waals surface area contributed by atoms with Crippen LogP contribution in [0, 0.1) is 10.5 Å². The number of amides is 4. The summed E-state index contributed by atoms with van der Waals surface area (Å²) in [6.07, 6.45) is 1.47. The normalized spacial score (nSPS) is 15.0. The molecule has 4 rings (SSSR count). The molecule has 1 aliphatic rings. The summed E-state index contributed by atoms with van der Waals surface area (Å²) in [5, 5.41) is 2.25. The minimum Gasteiger partial charge on any atom is -0.487 e. The van der Waals surface area contributed by atoms with Crippen LogP contribution in [0.3, 0.4) is 0 Å². The quantitative estimate of drug-likeness (QED) is 0.191. The van der Waals surface area contributed by atoms with Crippen molar-refractivity contribution in [3.8, 4) is 5.75 Å². The number of nitrogens with zero attached hydrogens (tertiary/aromatic N) is 1. The first-order chi connectivity index (χ1) is 16.2. The molecule has 0 radical (unpaired) electrons. The molecule has 3 aromatic rings. The van der Waals surface area contributed by atoms with Crippen LogP contribution < -0.4 is 15.0 Å². The second-order valence-corrected chi connectivity index (χ2v) is 10.4. The molecule has 34 heavy (non-hydrogen) atoms. The van der Waals surface area contributed by atoms with E-state index in [0.29, 0.717) is 28.1 Å². The van der Waals surface area contributed by atoms with Crippen molar-refractivity contribution in [3.63, 3.8) is 0 Å². The van der Waals surface area contributed by atoms with E-state index in [1.54, 1.807) is 24.3 Å². The van der Waals surface area contributed by atoms with Gasteiger partial charge in [0.25, 0.3) is 11.8 Å². The van der Waals surface area contributed by atoms with Gasteiger partial charge < -0.3 is 4.74 Å². The first kappa shape index (κ1) is 24.6. The number of carbonyl (C=O) groups excluding carboxylic acids is 3. The molecule has 0 spiro atoms. The second kappa shape index (κ2) is 10.4. The predicted molar refractivity (Wildman–Crippen MR) is 146 cm³/mol. The van der Waals surface area contributed by atoms with Crippen molar-refractivity contribution in [2.24, 2.45) is 0 Å². The number of halogens is 3. The highest BCUT2D eigenvalue weighted by atomic mass is 127. The van der Waals surface area contributed by atoms with Crippen molar-refractivity contribution >= 4 is 84.1 Å². The number of hydrogen-bond donors (Lipinski definition) is 1. The number of barbiturate groups is 1. The predicted octanol–water partition coefficient (Wildman–Crippen LogP) is 6.37. The number of benzene rings is 3. The summed E-state index contributed by atoms with van der Waals surface area (Å²) < 4.78 is 8.31. The Kier molecular flexibility index (Phi) is 7.54. The summed E-state index contributed by atoms with van der Waals surface area (Å²) in [4.78, 5) is 39.1. The van der Waals surface area contributed by atoms with E-state index in [0.717, 1.165) is 24.1 Å². The van der Waals surface area contributed by atoms with Crippen molar-refractivity contribution in [3.05, 3.63) is 95.4 Å². The molecule has 1 N–H and O–H groups in total. The van der Waals surface area contributed by atoms with E-state index in [1.807, 2.05) is 43.3 Å². The smallest absolute Gasteiger partial charge is 0.335 e. The summed E-state index contributed by atoms with van der Waals surface area (Å²) in [6.45, 7) is 2.25. The maximum absolute atomic E-state index is 13.2. The van der Waals surface area contributed by atoms with Crippen molar-refractivity contribution in [2.45, 2.75) is 13.5 Å². The molecule has 0 aromatic heterocycles. The van der Waals surface area contributed by atoms with Crippen LogP contribution in [0.25, 0.3) is 6.08 Å². The van der Waals surface area contributed by atoms with E-state index in [4.69, 9.17) is 4.74 Å². The van der Waals surface area contributed by atoms with Gasteiger partial charge in [-0.2, -0.15) is 0 Å². The Labute approximate surface area is 226 Å². The van der Waals surface area contributed by atoms with E-state index in [2.05, 4.69) is 59.8 Å². The average Bonchev–Trinajstić information content (AvgIpc) is 2.79. The number of carbonyl (C=O) groups is 3. The van der Waals surface area contributed by atoms with E-state index < -0.39 is 17.8 Å². The minimum atomic E-state index is -0.783. The molecule has 6 nitrogen and oxygen atoms in total. The van der Waals surface area contributed by atoms with E-state index in [-0.39, 0.29) is 5.57 Å². The summed E-state index contributed by atoms with van der Waals surface area (Å²) in [5.41, 5.74) is 2.74. The Morgan fingerprint density at radius 2 is 1.74 bits per heavy atom. The third-order valence-electron chi connectivity index (χ3n) is 5.06. The molecule has 1 heterocycles. The molecule has 0 saturated carbocycles. The van der Waals surface area contributed by atoms with Gasteiger partial charge in [-0.05, 0) is 98.5 Å². The number of nitrogens with one attached hydrogen (secondary N) is 1. The molecule has 9 heteroatoms. The summed E-state index contributed by atoms with van der Waals surface area (Å²) >= 11 is 9.08. The van der Waals surface area contributed by atoms with Crippen LogP contribution >= 0.6 is 54.5 Å². The van der Waals surface area contributed by atoms with Crippen molar-refractivity contribution in [1.29, 1.82) is 0 Å². The Bertz CT molecular complexity index is 1320. The van der Waals surface area contributed by atoms with Crippen LogP contribution in [-0.2, 0) is 16.2 Å². The number of imide groups is 2. The van der Waals surface area contributed by atoms with Gasteiger partial charge in [0.15, 0.2) is 0 Å². The maximum atomic E-state index is 13.2. The molecule has 0 aliphatic carbocycles. The zero-order valence-electron chi connectivity index (χ0n) is 17.8. The molecule has 1 aliphatic heterocycles. The van der Waals surface area contributed by atoms with Gasteiger partial charge in [0.2, 0.25) is 0 Å². The lowest BCUT2D eigenvalue weighted by Gasteiger charge is -2.26. The van der Waals surface area contributed by atoms with Crippen molar-refractivity contribution in [1.82, 2.24) is 5.32 Å². The van der Waals surface area contributed by atoms with Gasteiger partial charge in [0.05, 0.1) is 13.7 Å². The van der Waals surface area contributed by atoms with Crippen LogP contribution in [0.15, 0.2) is 75.2 Å². The van der Waals surface area contributed by atoms with Gasteiger partial charge >= 0.3 is 6.03 Å². The number of aryl methyl sites for hydroxylation is 1. The van der Waals surface area contributed by atoms with Gasteiger partial charge in [-0.25, -0.2) is 9.69 Å². The second-order valence-electron chi connectivity index (χ2n) is 7.48. The third-order valence-corrected chi connectivity index (χ3v) is 7.34. The summed E-state index contributed by atoms with van der Waals surface area (Å²) in [6, 6.07) is 17.7. The van der Waals surface area contributed by atoms with Gasteiger partial charge in [-0.15, -0.1) is 0 Å². The van der Waals surface area contributed by atoms with E-state index in [1.165, 1.54) is 6.08 Å². The molecule has 0 bridgehead atoms. The SMILES string of the molecule is Cc1cc(N2C(=O)NC(=O)/C(=C\c3cc(Br)c(OCc4ccccc4)c(I)c3)C2=O)ccc1Br. The third kappa shape index (κ3) is 5.26. The van der Waals surface area contributed by atoms with Crippen molar-refractivity contribution < 1.29 is 19.1 Å². The first-order valence-corrected chi connectivity index (χ1v) is 12.7. The monoisotopic (exact) mass is 694 g/mol. The molecular weight excluding hydrogens is 679 g/mol. The Balaban J connectivity index is 1.63. The number of rotatable bonds is 5. The Hall–Kier alpha value is -2.50. The fourth-order valence-corrected chi connectivity index (χ4v) is 5.37. The van der Waals surface area contributed by atoms with E-state index >= 15 is 0 Å². The lowest BCUT2D eigenvalue weighted by atomic mass is 10.1. The summed E-state index contributed by atoms with van der Waals surface area (Å²) in [7, 11) is 0. The van der Waals surface area contributed by atoms with Gasteiger partial charge in [0.1, 0.15) is 17.9 Å². The van der Waals surface area contributed by atoms with Crippen LogP contribution in [0.4, 0.5) is 10.5 Å². The first-order valence-electron chi connectivity index (χ1n) is 10.1. The highest BCUT2D eigenvalue weighted by Crippen LogP contribution is 2.34. The number of urea groups is 1. The van der Waals surface area contributed by atoms with Crippen LogP contribution in [0.1, 0.15) is 16.7 Å². The fraction of sp³-hybridized carbons (Fsp3) is 0.0800. The maximum Gasteiger partial charge on any atom is 0.335 e. The highest BCUT2D eigenvalue weighted by Gasteiger charge is 2.37. The molecule has 3 aromatic carbocycles. The van der Waals surface area contributed by atoms with Gasteiger partial charge in [-0.3, -0.25) is 14.9 Å². The zero-order valence-corrected chi connectivity index (χ0v) is 23.1. The van der Waals surface area contributed by atoms with Gasteiger partial charge in [0, 0.05) is 4.47 Å². The highest BCUT2D eigenvalue weighted by molar-refractivity contribution is 14.1. The van der Waals surface area contributed by atoms with Crippen LogP contribution in [0.5, 0.6) is 5.75 Å². The number of hydrogen-bond acceptors (Lipinski definition) is 4. The molecule has 172 valence electrons. The lowest BCUT2D eigenvalue weighted by molar-refractivity contribution is -0.122. The lowest BCUT2D eigenvalue weighted by Crippen LogP contribution is -2.54. The molecule has 0 atom stereocenters. The minimum absolute atomic E-state index is 0.138.